The maximum atomic E-state index is 6.06. The fraction of sp³-hybridized carbons (Fsp3) is 0.294. The molecule has 5 heteroatoms. The summed E-state index contributed by atoms with van der Waals surface area (Å²) < 4.78 is 10.8. The van der Waals surface area contributed by atoms with Crippen molar-refractivity contribution >= 4 is 23.0 Å². The number of rotatable bonds is 7. The normalized spacial score (nSPS) is 10.4. The SMILES string of the molecule is CCNCc1cc(Nc2cc(Cl)ccc2OC)ccc1OC. The number of ether oxygens (including phenoxy) is 2. The molecule has 0 fully saturated rings. The van der Waals surface area contributed by atoms with Crippen molar-refractivity contribution in [3.63, 3.8) is 0 Å². The lowest BCUT2D eigenvalue weighted by Crippen LogP contribution is -2.12. The molecule has 0 heterocycles. The molecule has 0 unspecified atom stereocenters. The molecule has 0 atom stereocenters. The van der Waals surface area contributed by atoms with Gasteiger partial charge in [-0.15, -0.1) is 0 Å². The van der Waals surface area contributed by atoms with Gasteiger partial charge in [0.1, 0.15) is 11.5 Å². The first kappa shape index (κ1) is 16.5. The Bertz CT molecular complexity index is 632. The molecule has 2 rings (SSSR count). The number of hydrogen-bond acceptors (Lipinski definition) is 4. The highest BCUT2D eigenvalue weighted by Gasteiger charge is 2.07. The van der Waals surface area contributed by atoms with E-state index < -0.39 is 0 Å². The third-order valence-electron chi connectivity index (χ3n) is 3.29. The Kier molecular flexibility index (Phi) is 5.92. The Hall–Kier alpha value is -1.91. The van der Waals surface area contributed by atoms with Crippen LogP contribution in [0.25, 0.3) is 0 Å². The second-order valence-electron chi connectivity index (χ2n) is 4.78. The van der Waals surface area contributed by atoms with Crippen molar-refractivity contribution in [3.8, 4) is 11.5 Å². The van der Waals surface area contributed by atoms with E-state index in [-0.39, 0.29) is 0 Å². The van der Waals surface area contributed by atoms with E-state index in [1.807, 2.05) is 24.3 Å². The van der Waals surface area contributed by atoms with E-state index in [4.69, 9.17) is 21.1 Å². The molecule has 0 aliphatic carbocycles. The van der Waals surface area contributed by atoms with Crippen molar-refractivity contribution in [1.82, 2.24) is 5.32 Å². The van der Waals surface area contributed by atoms with Crippen LogP contribution in [-0.2, 0) is 6.54 Å². The molecule has 22 heavy (non-hydrogen) atoms. The minimum Gasteiger partial charge on any atom is -0.496 e. The van der Waals surface area contributed by atoms with Crippen LogP contribution in [0.1, 0.15) is 12.5 Å². The summed E-state index contributed by atoms with van der Waals surface area (Å²) >= 11 is 6.06. The van der Waals surface area contributed by atoms with Crippen molar-refractivity contribution in [3.05, 3.63) is 47.0 Å². The number of hydrogen-bond donors (Lipinski definition) is 2. The van der Waals surface area contributed by atoms with Gasteiger partial charge in [-0.2, -0.15) is 0 Å². The first-order chi connectivity index (χ1) is 10.7. The van der Waals surface area contributed by atoms with E-state index >= 15 is 0 Å². The van der Waals surface area contributed by atoms with E-state index in [1.165, 1.54) is 0 Å². The van der Waals surface area contributed by atoms with Crippen molar-refractivity contribution in [2.45, 2.75) is 13.5 Å². The van der Waals surface area contributed by atoms with Crippen LogP contribution in [0, 0.1) is 0 Å². The average molecular weight is 321 g/mol. The number of methoxy groups -OCH3 is 2. The zero-order valence-corrected chi connectivity index (χ0v) is 13.8. The van der Waals surface area contributed by atoms with Gasteiger partial charge in [0.15, 0.2) is 0 Å². The van der Waals surface area contributed by atoms with Crippen LogP contribution in [0.15, 0.2) is 36.4 Å². The highest BCUT2D eigenvalue weighted by atomic mass is 35.5. The van der Waals surface area contributed by atoms with Crippen molar-refractivity contribution in [1.29, 1.82) is 0 Å². The topological polar surface area (TPSA) is 42.5 Å². The largest absolute Gasteiger partial charge is 0.496 e. The number of benzene rings is 2. The fourth-order valence-corrected chi connectivity index (χ4v) is 2.36. The van der Waals surface area contributed by atoms with Gasteiger partial charge < -0.3 is 20.1 Å². The summed E-state index contributed by atoms with van der Waals surface area (Å²) in [6.07, 6.45) is 0. The van der Waals surface area contributed by atoms with Crippen LogP contribution in [0.2, 0.25) is 5.02 Å². The molecule has 0 aromatic heterocycles. The monoisotopic (exact) mass is 320 g/mol. The van der Waals surface area contributed by atoms with Crippen LogP contribution >= 0.6 is 11.6 Å². The standard InChI is InChI=1S/C17H21ClN2O2/c1-4-19-11-12-9-14(6-8-16(12)21-2)20-15-10-13(18)5-7-17(15)22-3/h5-10,19-20H,4,11H2,1-3H3. The molecule has 0 radical (unpaired) electrons. The fourth-order valence-electron chi connectivity index (χ4n) is 2.19. The van der Waals surface area contributed by atoms with Gasteiger partial charge in [0.05, 0.1) is 19.9 Å². The Balaban J connectivity index is 2.27. The maximum Gasteiger partial charge on any atom is 0.142 e. The summed E-state index contributed by atoms with van der Waals surface area (Å²) in [5.74, 6) is 1.61. The number of halogens is 1. The zero-order valence-electron chi connectivity index (χ0n) is 13.1. The predicted molar refractivity (Wildman–Crippen MR) is 91.7 cm³/mol. The molecule has 0 bridgehead atoms. The summed E-state index contributed by atoms with van der Waals surface area (Å²) in [6.45, 7) is 3.73. The van der Waals surface area contributed by atoms with Gasteiger partial charge in [-0.25, -0.2) is 0 Å². The second-order valence-corrected chi connectivity index (χ2v) is 5.21. The summed E-state index contributed by atoms with van der Waals surface area (Å²) in [6, 6.07) is 11.5. The molecule has 0 aliphatic rings. The second kappa shape index (κ2) is 7.92. The zero-order chi connectivity index (χ0) is 15.9. The van der Waals surface area contributed by atoms with Crippen LogP contribution in [0.4, 0.5) is 11.4 Å². The van der Waals surface area contributed by atoms with Gasteiger partial charge in [-0.1, -0.05) is 18.5 Å². The maximum absolute atomic E-state index is 6.06. The average Bonchev–Trinajstić information content (AvgIpc) is 2.53. The highest BCUT2D eigenvalue weighted by Crippen LogP contribution is 2.32. The molecule has 2 N–H and O–H groups in total. The molecular formula is C17H21ClN2O2. The van der Waals surface area contributed by atoms with Gasteiger partial charge in [0, 0.05) is 22.8 Å². The molecule has 2 aromatic carbocycles. The van der Waals surface area contributed by atoms with Gasteiger partial charge in [-0.05, 0) is 42.9 Å². The lowest BCUT2D eigenvalue weighted by atomic mass is 10.1. The summed E-state index contributed by atoms with van der Waals surface area (Å²) in [7, 11) is 3.32. The quantitative estimate of drug-likeness (QED) is 0.802. The third-order valence-corrected chi connectivity index (χ3v) is 3.52. The van der Waals surface area contributed by atoms with Gasteiger partial charge in [-0.3, -0.25) is 0 Å². The van der Waals surface area contributed by atoms with E-state index in [2.05, 4.69) is 23.6 Å². The van der Waals surface area contributed by atoms with Crippen LogP contribution < -0.4 is 20.1 Å². The molecule has 2 aromatic rings. The lowest BCUT2D eigenvalue weighted by molar-refractivity contribution is 0.408. The van der Waals surface area contributed by atoms with Crippen molar-refractivity contribution in [2.75, 3.05) is 26.1 Å². The lowest BCUT2D eigenvalue weighted by Gasteiger charge is -2.14. The van der Waals surface area contributed by atoms with Crippen molar-refractivity contribution in [2.24, 2.45) is 0 Å². The smallest absolute Gasteiger partial charge is 0.142 e. The Morgan fingerprint density at radius 1 is 1.00 bits per heavy atom. The summed E-state index contributed by atoms with van der Waals surface area (Å²) in [5, 5.41) is 7.31. The van der Waals surface area contributed by atoms with E-state index in [0.29, 0.717) is 5.02 Å². The molecule has 118 valence electrons. The van der Waals surface area contributed by atoms with E-state index in [1.54, 1.807) is 20.3 Å². The van der Waals surface area contributed by atoms with Crippen LogP contribution in [0.3, 0.4) is 0 Å². The number of anilines is 2. The molecule has 0 saturated heterocycles. The predicted octanol–water partition coefficient (Wildman–Crippen LogP) is 4.21. The third kappa shape index (κ3) is 4.06. The van der Waals surface area contributed by atoms with Crippen LogP contribution in [-0.4, -0.2) is 20.8 Å². The van der Waals surface area contributed by atoms with Gasteiger partial charge >= 0.3 is 0 Å². The minimum atomic E-state index is 0.657. The molecule has 0 saturated carbocycles. The minimum absolute atomic E-state index is 0.657. The van der Waals surface area contributed by atoms with Crippen molar-refractivity contribution < 1.29 is 9.47 Å². The number of nitrogens with one attached hydrogen (secondary N) is 2. The molecule has 4 nitrogen and oxygen atoms in total. The first-order valence-corrected chi connectivity index (χ1v) is 7.54. The van der Waals surface area contributed by atoms with E-state index in [9.17, 15) is 0 Å². The molecule has 0 aliphatic heterocycles. The first-order valence-electron chi connectivity index (χ1n) is 7.16. The summed E-state index contributed by atoms with van der Waals surface area (Å²) in [5.41, 5.74) is 2.87. The Morgan fingerprint density at radius 2 is 1.73 bits per heavy atom. The summed E-state index contributed by atoms with van der Waals surface area (Å²) in [4.78, 5) is 0. The van der Waals surface area contributed by atoms with Gasteiger partial charge in [0.25, 0.3) is 0 Å². The highest BCUT2D eigenvalue weighted by molar-refractivity contribution is 6.31. The molecule has 0 spiro atoms. The van der Waals surface area contributed by atoms with Crippen LogP contribution in [0.5, 0.6) is 11.5 Å². The molecular weight excluding hydrogens is 300 g/mol. The Labute approximate surface area is 136 Å². The Morgan fingerprint density at radius 3 is 2.41 bits per heavy atom. The van der Waals surface area contributed by atoms with Gasteiger partial charge in [0.2, 0.25) is 0 Å². The van der Waals surface area contributed by atoms with E-state index in [0.717, 1.165) is 41.5 Å². The molecule has 0 amide bonds.